The first-order valence-electron chi connectivity index (χ1n) is 5.20. The zero-order chi connectivity index (χ0) is 11.5. The Hall–Kier alpha value is -1.78. The van der Waals surface area contributed by atoms with Crippen LogP contribution in [-0.4, -0.2) is 15.0 Å². The molecule has 3 aromatic rings. The van der Waals surface area contributed by atoms with Gasteiger partial charge in [-0.1, -0.05) is 0 Å². The number of halogens is 1. The third-order valence-electron chi connectivity index (χ3n) is 2.37. The molecule has 0 bridgehead atoms. The maximum atomic E-state index is 4.59. The monoisotopic (exact) mass is 275 g/mol. The second-order valence-corrected chi connectivity index (χ2v) is 4.38. The van der Waals surface area contributed by atoms with Gasteiger partial charge in [-0.05, 0) is 24.3 Å². The summed E-state index contributed by atoms with van der Waals surface area (Å²) >= 11 is 1.62. The van der Waals surface area contributed by atoms with Crippen molar-refractivity contribution >= 4 is 23.7 Å². The van der Waals surface area contributed by atoms with Gasteiger partial charge in [0.2, 0.25) is 0 Å². The van der Waals surface area contributed by atoms with Crippen molar-refractivity contribution in [3.63, 3.8) is 0 Å². The number of hydrogen-bond donors (Lipinski definition) is 0. The largest absolute Gasteiger partial charge is 0.264 e. The van der Waals surface area contributed by atoms with Crippen LogP contribution in [0.2, 0.25) is 0 Å². The molecule has 0 unspecified atom stereocenters. The maximum Gasteiger partial charge on any atom is 0.125 e. The average Bonchev–Trinajstić information content (AvgIpc) is 2.90. The van der Waals surface area contributed by atoms with E-state index in [0.717, 1.165) is 21.8 Å². The molecule has 0 radical (unpaired) electrons. The quantitative estimate of drug-likeness (QED) is 0.716. The van der Waals surface area contributed by atoms with E-state index in [1.165, 1.54) is 0 Å². The van der Waals surface area contributed by atoms with E-state index in [2.05, 4.69) is 15.0 Å². The third kappa shape index (κ3) is 2.55. The van der Waals surface area contributed by atoms with E-state index in [9.17, 15) is 0 Å². The molecule has 0 saturated heterocycles. The molecule has 3 rings (SSSR count). The molecule has 0 saturated carbocycles. The van der Waals surface area contributed by atoms with Crippen LogP contribution in [0.4, 0.5) is 0 Å². The SMILES string of the molecule is Cl.c1cncc(-c2csc(-c3cccnc3)n2)c1. The highest BCUT2D eigenvalue weighted by atomic mass is 35.5. The lowest BCUT2D eigenvalue weighted by atomic mass is 10.2. The summed E-state index contributed by atoms with van der Waals surface area (Å²) < 4.78 is 0. The molecule has 0 N–H and O–H groups in total. The van der Waals surface area contributed by atoms with Gasteiger partial charge in [-0.15, -0.1) is 23.7 Å². The van der Waals surface area contributed by atoms with Crippen molar-refractivity contribution in [2.75, 3.05) is 0 Å². The van der Waals surface area contributed by atoms with Gasteiger partial charge in [0.05, 0.1) is 5.69 Å². The number of rotatable bonds is 2. The number of aromatic nitrogens is 3. The highest BCUT2D eigenvalue weighted by Crippen LogP contribution is 2.27. The van der Waals surface area contributed by atoms with Crippen LogP contribution >= 0.6 is 23.7 Å². The smallest absolute Gasteiger partial charge is 0.125 e. The van der Waals surface area contributed by atoms with E-state index in [0.29, 0.717) is 0 Å². The molecule has 0 spiro atoms. The van der Waals surface area contributed by atoms with Gasteiger partial charge in [0.1, 0.15) is 5.01 Å². The molecule has 90 valence electrons. The molecular weight excluding hydrogens is 266 g/mol. The number of pyridine rings is 2. The molecule has 3 heterocycles. The molecule has 0 aliphatic rings. The summed E-state index contributed by atoms with van der Waals surface area (Å²) in [5.41, 5.74) is 3.05. The van der Waals surface area contributed by atoms with Crippen molar-refractivity contribution < 1.29 is 0 Å². The molecule has 3 nitrogen and oxygen atoms in total. The van der Waals surface area contributed by atoms with E-state index in [4.69, 9.17) is 0 Å². The molecule has 0 aliphatic carbocycles. The van der Waals surface area contributed by atoms with Crippen molar-refractivity contribution in [2.45, 2.75) is 0 Å². The molecule has 18 heavy (non-hydrogen) atoms. The topological polar surface area (TPSA) is 38.7 Å². The van der Waals surface area contributed by atoms with Gasteiger partial charge < -0.3 is 0 Å². The fourth-order valence-corrected chi connectivity index (χ4v) is 2.36. The Balaban J connectivity index is 0.00000120. The first-order chi connectivity index (χ1) is 8.43. The Labute approximate surface area is 115 Å². The van der Waals surface area contributed by atoms with Crippen molar-refractivity contribution in [3.05, 3.63) is 54.4 Å². The van der Waals surface area contributed by atoms with Crippen molar-refractivity contribution in [3.8, 4) is 21.8 Å². The summed E-state index contributed by atoms with van der Waals surface area (Å²) in [7, 11) is 0. The fourth-order valence-electron chi connectivity index (χ4n) is 1.54. The first-order valence-corrected chi connectivity index (χ1v) is 6.08. The Morgan fingerprint density at radius 2 is 1.56 bits per heavy atom. The Morgan fingerprint density at radius 1 is 0.889 bits per heavy atom. The number of thiazole rings is 1. The van der Waals surface area contributed by atoms with Gasteiger partial charge in [-0.3, -0.25) is 9.97 Å². The number of hydrogen-bond acceptors (Lipinski definition) is 4. The van der Waals surface area contributed by atoms with Gasteiger partial charge in [0.25, 0.3) is 0 Å². The third-order valence-corrected chi connectivity index (χ3v) is 3.26. The average molecular weight is 276 g/mol. The summed E-state index contributed by atoms with van der Waals surface area (Å²) in [5.74, 6) is 0. The zero-order valence-electron chi connectivity index (χ0n) is 9.35. The molecule has 3 aromatic heterocycles. The minimum Gasteiger partial charge on any atom is -0.264 e. The molecule has 0 amide bonds. The van der Waals surface area contributed by atoms with Gasteiger partial charge in [-0.25, -0.2) is 4.98 Å². The van der Waals surface area contributed by atoms with E-state index in [-0.39, 0.29) is 12.4 Å². The normalized spacial score (nSPS) is 9.78. The van der Waals surface area contributed by atoms with Crippen molar-refractivity contribution in [1.82, 2.24) is 15.0 Å². The number of nitrogens with zero attached hydrogens (tertiary/aromatic N) is 3. The lowest BCUT2D eigenvalue weighted by Gasteiger charge is -1.95. The van der Waals surface area contributed by atoms with Gasteiger partial charge in [0, 0.05) is 41.3 Å². The van der Waals surface area contributed by atoms with E-state index >= 15 is 0 Å². The van der Waals surface area contributed by atoms with E-state index in [1.807, 2.05) is 42.0 Å². The van der Waals surface area contributed by atoms with Crippen LogP contribution in [0.1, 0.15) is 0 Å². The Morgan fingerprint density at radius 3 is 2.17 bits per heavy atom. The molecule has 0 atom stereocenters. The molecule has 5 heteroatoms. The zero-order valence-corrected chi connectivity index (χ0v) is 11.0. The summed E-state index contributed by atoms with van der Waals surface area (Å²) in [5, 5.41) is 3.02. The molecule has 0 aliphatic heterocycles. The molecule has 0 fully saturated rings. The summed E-state index contributed by atoms with van der Waals surface area (Å²) in [6.07, 6.45) is 7.17. The Kier molecular flexibility index (Phi) is 4.02. The molecular formula is C13H10ClN3S. The molecule has 0 aromatic carbocycles. The standard InChI is InChI=1S/C13H9N3S.ClH/c1-3-10(7-14-5-1)12-9-17-13(16-12)11-4-2-6-15-8-11;/h1-9H;1H. The maximum absolute atomic E-state index is 4.59. The second kappa shape index (κ2) is 5.71. The van der Waals surface area contributed by atoms with Crippen LogP contribution in [0, 0.1) is 0 Å². The van der Waals surface area contributed by atoms with Crippen molar-refractivity contribution in [2.24, 2.45) is 0 Å². The second-order valence-electron chi connectivity index (χ2n) is 3.52. The summed E-state index contributed by atoms with van der Waals surface area (Å²) in [6, 6.07) is 7.85. The predicted octanol–water partition coefficient (Wildman–Crippen LogP) is 3.69. The van der Waals surface area contributed by atoms with E-state index in [1.54, 1.807) is 23.7 Å². The van der Waals surface area contributed by atoms with Gasteiger partial charge in [-0.2, -0.15) is 0 Å². The van der Waals surface area contributed by atoms with Crippen LogP contribution in [0.5, 0.6) is 0 Å². The minimum atomic E-state index is 0. The summed E-state index contributed by atoms with van der Waals surface area (Å²) in [4.78, 5) is 12.8. The minimum absolute atomic E-state index is 0. The lowest BCUT2D eigenvalue weighted by Crippen LogP contribution is -1.80. The van der Waals surface area contributed by atoms with Gasteiger partial charge >= 0.3 is 0 Å². The van der Waals surface area contributed by atoms with Crippen LogP contribution in [0.25, 0.3) is 21.8 Å². The van der Waals surface area contributed by atoms with Crippen molar-refractivity contribution in [1.29, 1.82) is 0 Å². The van der Waals surface area contributed by atoms with E-state index < -0.39 is 0 Å². The first kappa shape index (κ1) is 12.7. The predicted molar refractivity (Wildman–Crippen MR) is 75.8 cm³/mol. The highest BCUT2D eigenvalue weighted by Gasteiger charge is 2.06. The summed E-state index contributed by atoms with van der Waals surface area (Å²) in [6.45, 7) is 0. The lowest BCUT2D eigenvalue weighted by molar-refractivity contribution is 1.29. The highest BCUT2D eigenvalue weighted by molar-refractivity contribution is 7.13. The van der Waals surface area contributed by atoms with Gasteiger partial charge in [0.15, 0.2) is 0 Å². The van der Waals surface area contributed by atoms with Crippen LogP contribution in [-0.2, 0) is 0 Å². The van der Waals surface area contributed by atoms with Crippen LogP contribution < -0.4 is 0 Å². The van der Waals surface area contributed by atoms with Crippen LogP contribution in [0.3, 0.4) is 0 Å². The fraction of sp³-hybridized carbons (Fsp3) is 0. The Bertz CT molecular complexity index is 556. The van der Waals surface area contributed by atoms with Crippen LogP contribution in [0.15, 0.2) is 54.4 Å².